The zero-order valence-corrected chi connectivity index (χ0v) is 22.8. The van der Waals surface area contributed by atoms with Crippen molar-refractivity contribution in [2.24, 2.45) is 17.8 Å². The van der Waals surface area contributed by atoms with Gasteiger partial charge in [0, 0.05) is 28.7 Å². The lowest BCUT2D eigenvalue weighted by molar-refractivity contribution is 0.235. The molecule has 0 unspecified atom stereocenters. The van der Waals surface area contributed by atoms with Gasteiger partial charge in [0.2, 0.25) is 0 Å². The van der Waals surface area contributed by atoms with Gasteiger partial charge < -0.3 is 20.1 Å². The van der Waals surface area contributed by atoms with Crippen LogP contribution in [0, 0.1) is 23.6 Å². The number of fused-ring (bicyclic) bond motifs is 2. The van der Waals surface area contributed by atoms with Gasteiger partial charge in [-0.25, -0.2) is 22.8 Å². The summed E-state index contributed by atoms with van der Waals surface area (Å²) in [5.74, 6) is 0.881. The maximum Gasteiger partial charge on any atom is 0.168 e. The smallest absolute Gasteiger partial charge is 0.168 e. The molecule has 1 aromatic heterocycles. The van der Waals surface area contributed by atoms with Gasteiger partial charge in [-0.3, -0.25) is 0 Å². The molecule has 192 valence electrons. The molecule has 1 aliphatic carbocycles. The summed E-state index contributed by atoms with van der Waals surface area (Å²) in [5, 5.41) is -0.206. The first-order chi connectivity index (χ1) is 17.1. The van der Waals surface area contributed by atoms with Gasteiger partial charge in [0.15, 0.2) is 27.2 Å². The van der Waals surface area contributed by atoms with Gasteiger partial charge >= 0.3 is 0 Å². The predicted molar refractivity (Wildman–Crippen MR) is 141 cm³/mol. The highest BCUT2D eigenvalue weighted by Gasteiger charge is 2.52. The van der Waals surface area contributed by atoms with E-state index < -0.39 is 21.0 Å². The zero-order valence-electron chi connectivity index (χ0n) is 19.6. The van der Waals surface area contributed by atoms with Crippen LogP contribution >= 0.6 is 27.5 Å². The van der Waals surface area contributed by atoms with Gasteiger partial charge in [0.1, 0.15) is 17.5 Å². The Balaban J connectivity index is 1.35. The fraction of sp³-hybridized carbons (Fsp3) is 0.417. The van der Waals surface area contributed by atoms with Crippen molar-refractivity contribution in [3.8, 4) is 11.5 Å². The molecule has 36 heavy (non-hydrogen) atoms. The summed E-state index contributed by atoms with van der Waals surface area (Å²) in [5.41, 5.74) is 6.80. The number of halogens is 3. The molecule has 8 nitrogen and oxygen atoms in total. The number of nitrogen functional groups attached to an aromatic ring is 1. The standard InChI is InChI=1S/C24H25BrClFN4O4S/c1-34-19-7-15-17(29-11-30-23(15)28)8-20(19)35-10-12-5-13-9-31(24(14(13)6-12)36(2,32)33)18-4-3-16(25)21(26)22(18)27/h3-4,7-8,11-14,24H,5-6,9-10H2,1-2H3,(H2,28,29,30)/t12-,13+,14-,24-/m1/s1. The van der Waals surface area contributed by atoms with Gasteiger partial charge in [0.25, 0.3) is 0 Å². The Morgan fingerprint density at radius 1 is 1.25 bits per heavy atom. The van der Waals surface area contributed by atoms with Crippen molar-refractivity contribution in [2.75, 3.05) is 37.2 Å². The second-order valence-corrected chi connectivity index (χ2v) is 12.8. The Hall–Kier alpha value is -2.37. The molecule has 4 atom stereocenters. The molecule has 12 heteroatoms. The number of sulfone groups is 1. The molecule has 0 radical (unpaired) electrons. The minimum atomic E-state index is -3.51. The zero-order chi connectivity index (χ0) is 25.8. The van der Waals surface area contributed by atoms with Crippen LogP contribution in [0.1, 0.15) is 12.8 Å². The molecule has 2 N–H and O–H groups in total. The van der Waals surface area contributed by atoms with Gasteiger partial charge in [-0.05, 0) is 64.7 Å². The maximum atomic E-state index is 15.0. The van der Waals surface area contributed by atoms with E-state index in [9.17, 15) is 12.8 Å². The van der Waals surface area contributed by atoms with Gasteiger partial charge in [-0.1, -0.05) is 11.6 Å². The van der Waals surface area contributed by atoms with E-state index in [1.165, 1.54) is 12.6 Å². The third-order valence-corrected chi connectivity index (χ3v) is 9.88. The average molecular weight is 600 g/mol. The summed E-state index contributed by atoms with van der Waals surface area (Å²) < 4.78 is 52.8. The first-order valence-corrected chi connectivity index (χ1v) is 14.5. The third-order valence-electron chi connectivity index (χ3n) is 7.14. The third kappa shape index (κ3) is 4.45. The van der Waals surface area contributed by atoms with E-state index in [1.54, 1.807) is 36.3 Å². The molecule has 0 amide bonds. The molecule has 5 rings (SSSR count). The number of nitrogens with zero attached hydrogens (tertiary/aromatic N) is 3. The minimum absolute atomic E-state index is 0.0561. The summed E-state index contributed by atoms with van der Waals surface area (Å²) in [4.78, 5) is 9.92. The second-order valence-electron chi connectivity index (χ2n) is 9.42. The Bertz CT molecular complexity index is 1440. The molecule has 0 spiro atoms. The quantitative estimate of drug-likeness (QED) is 0.407. The summed E-state index contributed by atoms with van der Waals surface area (Å²) in [7, 11) is -1.96. The van der Waals surface area contributed by atoms with E-state index >= 15 is 0 Å². The molecular weight excluding hydrogens is 575 g/mol. The molecule has 1 saturated heterocycles. The first-order valence-electron chi connectivity index (χ1n) is 11.4. The van der Waals surface area contributed by atoms with Crippen molar-refractivity contribution in [3.63, 3.8) is 0 Å². The number of hydrogen-bond acceptors (Lipinski definition) is 8. The molecule has 2 fully saturated rings. The largest absolute Gasteiger partial charge is 0.493 e. The summed E-state index contributed by atoms with van der Waals surface area (Å²) in [6.45, 7) is 0.827. The molecular formula is C24H25BrClFN4O4S. The van der Waals surface area contributed by atoms with Crippen LogP contribution in [0.25, 0.3) is 10.9 Å². The van der Waals surface area contributed by atoms with Crippen molar-refractivity contribution in [3.05, 3.63) is 45.9 Å². The molecule has 2 aromatic carbocycles. The Morgan fingerprint density at radius 2 is 2.03 bits per heavy atom. The number of ether oxygens (including phenoxy) is 2. The Morgan fingerprint density at radius 3 is 2.75 bits per heavy atom. The predicted octanol–water partition coefficient (Wildman–Crippen LogP) is 4.69. The van der Waals surface area contributed by atoms with E-state index in [0.717, 1.165) is 6.42 Å². The molecule has 0 bridgehead atoms. The fourth-order valence-corrected chi connectivity index (χ4v) is 7.74. The van der Waals surface area contributed by atoms with Crippen LogP contribution in [0.15, 0.2) is 35.1 Å². The van der Waals surface area contributed by atoms with Crippen LogP contribution in [-0.4, -0.2) is 50.3 Å². The van der Waals surface area contributed by atoms with E-state index in [4.69, 9.17) is 26.8 Å². The highest BCUT2D eigenvalue weighted by molar-refractivity contribution is 9.10. The summed E-state index contributed by atoms with van der Waals surface area (Å²) in [6.07, 6.45) is 4.02. The van der Waals surface area contributed by atoms with Crippen LogP contribution in [0.4, 0.5) is 15.9 Å². The lowest BCUT2D eigenvalue weighted by Gasteiger charge is -2.29. The van der Waals surface area contributed by atoms with Crippen molar-refractivity contribution in [1.29, 1.82) is 0 Å². The van der Waals surface area contributed by atoms with Crippen molar-refractivity contribution >= 4 is 59.8 Å². The summed E-state index contributed by atoms with van der Waals surface area (Å²) >= 11 is 9.32. The number of benzene rings is 2. The van der Waals surface area contributed by atoms with Crippen LogP contribution in [0.2, 0.25) is 5.02 Å². The van der Waals surface area contributed by atoms with Crippen molar-refractivity contribution < 1.29 is 22.3 Å². The number of methoxy groups -OCH3 is 1. The van der Waals surface area contributed by atoms with E-state index in [2.05, 4.69) is 25.9 Å². The lowest BCUT2D eigenvalue weighted by atomic mass is 10.0. The van der Waals surface area contributed by atoms with Crippen LogP contribution in [0.3, 0.4) is 0 Å². The van der Waals surface area contributed by atoms with Crippen LogP contribution in [-0.2, 0) is 9.84 Å². The lowest BCUT2D eigenvalue weighted by Crippen LogP contribution is -2.40. The maximum absolute atomic E-state index is 15.0. The number of anilines is 2. The summed E-state index contributed by atoms with van der Waals surface area (Å²) in [6, 6.07) is 6.73. The fourth-order valence-electron chi connectivity index (χ4n) is 5.64. The second kappa shape index (κ2) is 9.50. The molecule has 1 aliphatic heterocycles. The SMILES string of the molecule is COc1cc2c(N)ncnc2cc1OC[C@@H]1C[C@H]2CN(c3ccc(Br)c(Cl)c3F)[C@H](S(C)(=O)=O)[C@@H]2C1. The Kier molecular flexibility index (Phi) is 6.67. The highest BCUT2D eigenvalue weighted by Crippen LogP contribution is 2.49. The average Bonchev–Trinajstić information content (AvgIpc) is 3.38. The molecule has 1 saturated carbocycles. The number of rotatable bonds is 6. The topological polar surface area (TPSA) is 108 Å². The van der Waals surface area contributed by atoms with Gasteiger partial charge in [0.05, 0.1) is 29.9 Å². The van der Waals surface area contributed by atoms with Gasteiger partial charge in [-0.15, -0.1) is 0 Å². The number of nitrogens with two attached hydrogens (primary N) is 1. The van der Waals surface area contributed by atoms with Crippen molar-refractivity contribution in [1.82, 2.24) is 9.97 Å². The van der Waals surface area contributed by atoms with E-state index in [0.29, 0.717) is 52.3 Å². The monoisotopic (exact) mass is 598 g/mol. The Labute approximate surface area is 222 Å². The highest BCUT2D eigenvalue weighted by atomic mass is 79.9. The first kappa shape index (κ1) is 25.3. The van der Waals surface area contributed by atoms with Crippen LogP contribution < -0.4 is 20.1 Å². The molecule has 3 aromatic rings. The van der Waals surface area contributed by atoms with E-state index in [1.807, 2.05) is 0 Å². The normalized spacial score (nSPS) is 23.8. The van der Waals surface area contributed by atoms with Gasteiger partial charge in [-0.2, -0.15) is 0 Å². The number of hydrogen-bond donors (Lipinski definition) is 1. The molecule has 2 heterocycles. The minimum Gasteiger partial charge on any atom is -0.493 e. The van der Waals surface area contributed by atoms with Crippen molar-refractivity contribution in [2.45, 2.75) is 18.2 Å². The van der Waals surface area contributed by atoms with Crippen LogP contribution in [0.5, 0.6) is 11.5 Å². The molecule has 2 aliphatic rings. The number of aromatic nitrogens is 2. The van der Waals surface area contributed by atoms with E-state index in [-0.39, 0.29) is 28.5 Å².